The number of anilines is 2. The van der Waals surface area contributed by atoms with E-state index in [9.17, 15) is 5.11 Å². The number of hydrogen-bond acceptors (Lipinski definition) is 5. The minimum atomic E-state index is 0.197. The van der Waals surface area contributed by atoms with Crippen LogP contribution >= 0.6 is 0 Å². The van der Waals surface area contributed by atoms with E-state index in [4.69, 9.17) is 0 Å². The SMILES string of the molecule is CCCNc1cc(N2CCCCC2CO)nc(CC)n1. The zero-order chi connectivity index (χ0) is 14.4. The van der Waals surface area contributed by atoms with Gasteiger partial charge in [-0.05, 0) is 25.7 Å². The molecule has 1 aromatic heterocycles. The quantitative estimate of drug-likeness (QED) is 0.835. The van der Waals surface area contributed by atoms with E-state index in [2.05, 4.69) is 34.0 Å². The number of rotatable bonds is 6. The molecule has 2 N–H and O–H groups in total. The molecule has 1 aliphatic rings. The molecule has 1 aromatic rings. The number of nitrogens with one attached hydrogen (secondary N) is 1. The lowest BCUT2D eigenvalue weighted by Gasteiger charge is -2.35. The summed E-state index contributed by atoms with van der Waals surface area (Å²) in [5.74, 6) is 2.72. The van der Waals surface area contributed by atoms with Gasteiger partial charge in [0.25, 0.3) is 0 Å². The van der Waals surface area contributed by atoms with Crippen LogP contribution in [0, 0.1) is 0 Å². The number of aliphatic hydroxyl groups is 1. The molecule has 2 rings (SSSR count). The molecule has 1 fully saturated rings. The molecule has 1 saturated heterocycles. The Labute approximate surface area is 121 Å². The average Bonchev–Trinajstić information content (AvgIpc) is 2.52. The Morgan fingerprint density at radius 1 is 1.35 bits per heavy atom. The molecule has 2 heterocycles. The predicted molar refractivity (Wildman–Crippen MR) is 82.3 cm³/mol. The summed E-state index contributed by atoms with van der Waals surface area (Å²) < 4.78 is 0. The zero-order valence-corrected chi connectivity index (χ0v) is 12.6. The van der Waals surface area contributed by atoms with Crippen LogP contribution in [-0.2, 0) is 6.42 Å². The smallest absolute Gasteiger partial charge is 0.134 e. The van der Waals surface area contributed by atoms with Crippen LogP contribution in [0.4, 0.5) is 11.6 Å². The molecule has 0 aromatic carbocycles. The zero-order valence-electron chi connectivity index (χ0n) is 12.6. The highest BCUT2D eigenvalue weighted by atomic mass is 16.3. The van der Waals surface area contributed by atoms with Gasteiger partial charge in [0.1, 0.15) is 17.5 Å². The number of aliphatic hydroxyl groups excluding tert-OH is 1. The van der Waals surface area contributed by atoms with E-state index in [0.717, 1.165) is 49.8 Å². The van der Waals surface area contributed by atoms with Gasteiger partial charge in [0.2, 0.25) is 0 Å². The molecule has 1 aliphatic heterocycles. The Balaban J connectivity index is 2.24. The summed E-state index contributed by atoms with van der Waals surface area (Å²) >= 11 is 0. The van der Waals surface area contributed by atoms with Crippen molar-refractivity contribution >= 4 is 11.6 Å². The second-order valence-corrected chi connectivity index (χ2v) is 5.33. The number of hydrogen-bond donors (Lipinski definition) is 2. The predicted octanol–water partition coefficient (Wildman–Crippen LogP) is 2.21. The maximum atomic E-state index is 9.56. The van der Waals surface area contributed by atoms with E-state index >= 15 is 0 Å². The molecule has 20 heavy (non-hydrogen) atoms. The summed E-state index contributed by atoms with van der Waals surface area (Å²) in [6, 6.07) is 2.21. The third-order valence-corrected chi connectivity index (χ3v) is 3.76. The van der Waals surface area contributed by atoms with Gasteiger partial charge in [-0.2, -0.15) is 0 Å². The van der Waals surface area contributed by atoms with Crippen molar-refractivity contribution in [1.29, 1.82) is 0 Å². The normalized spacial score (nSPS) is 19.1. The fourth-order valence-corrected chi connectivity index (χ4v) is 2.62. The van der Waals surface area contributed by atoms with Gasteiger partial charge in [0.05, 0.1) is 12.6 Å². The molecule has 0 aliphatic carbocycles. The Morgan fingerprint density at radius 2 is 2.20 bits per heavy atom. The molecule has 5 nitrogen and oxygen atoms in total. The van der Waals surface area contributed by atoms with Gasteiger partial charge in [-0.25, -0.2) is 9.97 Å². The van der Waals surface area contributed by atoms with Crippen molar-refractivity contribution in [3.8, 4) is 0 Å². The third-order valence-electron chi connectivity index (χ3n) is 3.76. The van der Waals surface area contributed by atoms with Gasteiger partial charge in [-0.3, -0.25) is 0 Å². The van der Waals surface area contributed by atoms with Crippen molar-refractivity contribution in [2.45, 2.75) is 52.0 Å². The van der Waals surface area contributed by atoms with Crippen molar-refractivity contribution in [3.05, 3.63) is 11.9 Å². The summed E-state index contributed by atoms with van der Waals surface area (Å²) in [6.45, 7) is 6.30. The second-order valence-electron chi connectivity index (χ2n) is 5.33. The van der Waals surface area contributed by atoms with Crippen LogP contribution in [0.5, 0.6) is 0 Å². The number of aromatic nitrogens is 2. The van der Waals surface area contributed by atoms with Crippen LogP contribution in [0.1, 0.15) is 45.4 Å². The fourth-order valence-electron chi connectivity index (χ4n) is 2.62. The molecule has 112 valence electrons. The van der Waals surface area contributed by atoms with Gasteiger partial charge in [-0.15, -0.1) is 0 Å². The number of nitrogens with zero attached hydrogens (tertiary/aromatic N) is 3. The minimum absolute atomic E-state index is 0.197. The first-order chi connectivity index (χ1) is 9.78. The molecule has 0 amide bonds. The largest absolute Gasteiger partial charge is 0.394 e. The van der Waals surface area contributed by atoms with Crippen LogP contribution in [-0.4, -0.2) is 40.8 Å². The lowest BCUT2D eigenvalue weighted by atomic mass is 10.0. The first kappa shape index (κ1) is 15.0. The van der Waals surface area contributed by atoms with Gasteiger partial charge in [0.15, 0.2) is 0 Å². The van der Waals surface area contributed by atoms with Crippen LogP contribution in [0.2, 0.25) is 0 Å². The first-order valence-corrected chi connectivity index (χ1v) is 7.77. The standard InChI is InChI=1S/C15H26N4O/c1-3-8-16-14-10-15(18-13(4-2)17-14)19-9-6-5-7-12(19)11-20/h10,12,20H,3-9,11H2,1-2H3,(H,16,17,18). The van der Waals surface area contributed by atoms with Crippen LogP contribution in [0.3, 0.4) is 0 Å². The van der Waals surface area contributed by atoms with E-state index in [0.29, 0.717) is 0 Å². The monoisotopic (exact) mass is 278 g/mol. The molecule has 0 radical (unpaired) electrons. The first-order valence-electron chi connectivity index (χ1n) is 7.77. The van der Waals surface area contributed by atoms with Gasteiger partial charge in [-0.1, -0.05) is 13.8 Å². The molecule has 5 heteroatoms. The van der Waals surface area contributed by atoms with Crippen molar-refractivity contribution in [2.75, 3.05) is 29.9 Å². The fraction of sp³-hybridized carbons (Fsp3) is 0.733. The Bertz CT molecular complexity index is 424. The van der Waals surface area contributed by atoms with Crippen LogP contribution < -0.4 is 10.2 Å². The van der Waals surface area contributed by atoms with Gasteiger partial charge in [0, 0.05) is 25.6 Å². The Hall–Kier alpha value is -1.36. The lowest BCUT2D eigenvalue weighted by molar-refractivity contribution is 0.239. The number of aryl methyl sites for hydroxylation is 1. The minimum Gasteiger partial charge on any atom is -0.394 e. The van der Waals surface area contributed by atoms with Crippen LogP contribution in [0.15, 0.2) is 6.07 Å². The van der Waals surface area contributed by atoms with Crippen molar-refractivity contribution in [3.63, 3.8) is 0 Å². The Morgan fingerprint density at radius 3 is 2.90 bits per heavy atom. The summed E-state index contributed by atoms with van der Waals surface area (Å²) in [7, 11) is 0. The van der Waals surface area contributed by atoms with Crippen LogP contribution in [0.25, 0.3) is 0 Å². The summed E-state index contributed by atoms with van der Waals surface area (Å²) in [5.41, 5.74) is 0. The highest BCUT2D eigenvalue weighted by Crippen LogP contribution is 2.25. The average molecular weight is 278 g/mol. The molecule has 0 bridgehead atoms. The van der Waals surface area contributed by atoms with Crippen molar-refractivity contribution in [1.82, 2.24) is 9.97 Å². The van der Waals surface area contributed by atoms with Crippen molar-refractivity contribution < 1.29 is 5.11 Å². The van der Waals surface area contributed by atoms with Gasteiger partial charge >= 0.3 is 0 Å². The van der Waals surface area contributed by atoms with E-state index in [1.807, 2.05) is 6.07 Å². The summed E-state index contributed by atoms with van der Waals surface area (Å²) in [6.07, 6.45) is 5.30. The lowest BCUT2D eigenvalue weighted by Crippen LogP contribution is -2.42. The molecule has 1 unspecified atom stereocenters. The summed E-state index contributed by atoms with van der Waals surface area (Å²) in [4.78, 5) is 11.4. The second kappa shape index (κ2) is 7.43. The topological polar surface area (TPSA) is 61.3 Å². The highest BCUT2D eigenvalue weighted by molar-refractivity contribution is 5.50. The highest BCUT2D eigenvalue weighted by Gasteiger charge is 2.23. The Kier molecular flexibility index (Phi) is 5.59. The van der Waals surface area contributed by atoms with E-state index in [1.165, 1.54) is 12.8 Å². The molecule has 1 atom stereocenters. The maximum absolute atomic E-state index is 9.56. The molecule has 0 saturated carbocycles. The van der Waals surface area contributed by atoms with Gasteiger partial charge < -0.3 is 15.3 Å². The maximum Gasteiger partial charge on any atom is 0.134 e. The van der Waals surface area contributed by atoms with Crippen molar-refractivity contribution in [2.24, 2.45) is 0 Å². The van der Waals surface area contributed by atoms with E-state index in [-0.39, 0.29) is 12.6 Å². The van der Waals surface area contributed by atoms with E-state index < -0.39 is 0 Å². The molecule has 0 spiro atoms. The third kappa shape index (κ3) is 3.60. The summed E-state index contributed by atoms with van der Waals surface area (Å²) in [5, 5.41) is 12.9. The number of piperidine rings is 1. The molecular weight excluding hydrogens is 252 g/mol. The van der Waals surface area contributed by atoms with E-state index in [1.54, 1.807) is 0 Å². The molecular formula is C15H26N4O.